The van der Waals surface area contributed by atoms with E-state index in [1.54, 1.807) is 6.07 Å². The highest BCUT2D eigenvalue weighted by atomic mass is 32.1. The maximum atomic E-state index is 10.8. The number of aromatic nitrogens is 2. The quantitative estimate of drug-likeness (QED) is 0.825. The van der Waals surface area contributed by atoms with E-state index >= 15 is 0 Å². The van der Waals surface area contributed by atoms with Gasteiger partial charge in [0.25, 0.3) is 0 Å². The van der Waals surface area contributed by atoms with Gasteiger partial charge in [0.2, 0.25) is 5.91 Å². The van der Waals surface area contributed by atoms with E-state index in [1.807, 2.05) is 16.7 Å². The Bertz CT molecular complexity index is 692. The van der Waals surface area contributed by atoms with Crippen molar-refractivity contribution in [2.75, 3.05) is 6.54 Å². The van der Waals surface area contributed by atoms with E-state index in [0.717, 1.165) is 11.0 Å². The molecular weight excluding hydrogens is 248 g/mol. The number of nitrogens with one attached hydrogen (secondary N) is 2. The number of nitriles is 1. The van der Waals surface area contributed by atoms with Gasteiger partial charge in [-0.15, -0.1) is 0 Å². The van der Waals surface area contributed by atoms with Gasteiger partial charge in [-0.1, -0.05) is 6.07 Å². The van der Waals surface area contributed by atoms with Crippen LogP contribution < -0.4 is 5.32 Å². The maximum absolute atomic E-state index is 10.8. The number of rotatable bonds is 3. The summed E-state index contributed by atoms with van der Waals surface area (Å²) in [4.78, 5) is 13.9. The van der Waals surface area contributed by atoms with Crippen LogP contribution in [0.5, 0.6) is 0 Å². The van der Waals surface area contributed by atoms with E-state index in [1.165, 1.54) is 6.92 Å². The number of fused-ring (bicyclic) bond motifs is 1. The molecule has 0 radical (unpaired) electrons. The molecule has 1 aromatic heterocycles. The summed E-state index contributed by atoms with van der Waals surface area (Å²) in [6.07, 6.45) is 0. The van der Waals surface area contributed by atoms with Gasteiger partial charge in [0.15, 0.2) is 4.77 Å². The van der Waals surface area contributed by atoms with Gasteiger partial charge in [-0.25, -0.2) is 0 Å². The number of benzene rings is 1. The number of imidazole rings is 1. The van der Waals surface area contributed by atoms with Crippen LogP contribution in [0.4, 0.5) is 0 Å². The van der Waals surface area contributed by atoms with E-state index in [4.69, 9.17) is 17.5 Å². The van der Waals surface area contributed by atoms with Crippen LogP contribution in [0.3, 0.4) is 0 Å². The zero-order valence-electron chi connectivity index (χ0n) is 9.86. The number of amides is 1. The fourth-order valence-corrected chi connectivity index (χ4v) is 2.13. The molecule has 0 spiro atoms. The van der Waals surface area contributed by atoms with Gasteiger partial charge in [0.1, 0.15) is 6.07 Å². The van der Waals surface area contributed by atoms with E-state index in [0.29, 0.717) is 23.4 Å². The second kappa shape index (κ2) is 5.02. The molecule has 5 nitrogen and oxygen atoms in total. The molecule has 18 heavy (non-hydrogen) atoms. The Kier molecular flexibility index (Phi) is 3.44. The lowest BCUT2D eigenvalue weighted by Crippen LogP contribution is -2.24. The Morgan fingerprint density at radius 3 is 3.06 bits per heavy atom. The smallest absolute Gasteiger partial charge is 0.216 e. The van der Waals surface area contributed by atoms with Crippen molar-refractivity contribution in [3.8, 4) is 6.07 Å². The van der Waals surface area contributed by atoms with Gasteiger partial charge >= 0.3 is 0 Å². The van der Waals surface area contributed by atoms with Crippen LogP contribution in [0.15, 0.2) is 18.2 Å². The Labute approximate surface area is 109 Å². The van der Waals surface area contributed by atoms with Crippen LogP contribution in [0.1, 0.15) is 12.5 Å². The van der Waals surface area contributed by atoms with E-state index in [9.17, 15) is 4.79 Å². The fourth-order valence-electron chi connectivity index (χ4n) is 1.84. The minimum absolute atomic E-state index is 0.0703. The molecule has 92 valence electrons. The predicted molar refractivity (Wildman–Crippen MR) is 70.5 cm³/mol. The molecule has 0 unspecified atom stereocenters. The van der Waals surface area contributed by atoms with Crippen molar-refractivity contribution in [2.24, 2.45) is 0 Å². The molecule has 0 aliphatic carbocycles. The molecule has 1 heterocycles. The molecule has 0 aliphatic rings. The highest BCUT2D eigenvalue weighted by Gasteiger charge is 2.07. The molecule has 0 saturated carbocycles. The van der Waals surface area contributed by atoms with Crippen LogP contribution in [0, 0.1) is 16.1 Å². The monoisotopic (exact) mass is 260 g/mol. The number of nitrogens with zero attached hydrogens (tertiary/aromatic N) is 2. The van der Waals surface area contributed by atoms with Crippen molar-refractivity contribution in [2.45, 2.75) is 13.5 Å². The molecule has 0 saturated heterocycles. The highest BCUT2D eigenvalue weighted by Crippen LogP contribution is 2.17. The average Bonchev–Trinajstić information content (AvgIpc) is 2.65. The topological polar surface area (TPSA) is 73.6 Å². The predicted octanol–water partition coefficient (Wildman–Crippen LogP) is 1.71. The first-order chi connectivity index (χ1) is 8.63. The SMILES string of the molecule is CC(=O)NCCn1c(=S)[nH]c2c(C#N)cccc21. The number of para-hydroxylation sites is 1. The molecule has 0 aliphatic heterocycles. The summed E-state index contributed by atoms with van der Waals surface area (Å²) < 4.78 is 2.43. The standard InChI is InChI=1S/C12H12N4OS/c1-8(17)14-5-6-16-10-4-2-3-9(7-13)11(10)15-12(16)18/h2-4H,5-6H2,1H3,(H,14,17)(H,15,18). The van der Waals surface area contributed by atoms with Gasteiger partial charge in [-0.05, 0) is 24.4 Å². The summed E-state index contributed by atoms with van der Waals surface area (Å²) in [7, 11) is 0. The Hall–Kier alpha value is -2.13. The Morgan fingerprint density at radius 1 is 1.61 bits per heavy atom. The number of hydrogen-bond acceptors (Lipinski definition) is 3. The minimum atomic E-state index is -0.0703. The van der Waals surface area contributed by atoms with Crippen molar-refractivity contribution in [1.29, 1.82) is 5.26 Å². The molecule has 2 aromatic rings. The van der Waals surface area contributed by atoms with Gasteiger partial charge in [-0.2, -0.15) is 5.26 Å². The molecule has 0 atom stereocenters. The third-order valence-electron chi connectivity index (χ3n) is 2.64. The first kappa shape index (κ1) is 12.3. The van der Waals surface area contributed by atoms with Crippen LogP contribution >= 0.6 is 12.2 Å². The van der Waals surface area contributed by atoms with Crippen LogP contribution in [-0.4, -0.2) is 22.0 Å². The molecule has 0 bridgehead atoms. The lowest BCUT2D eigenvalue weighted by Gasteiger charge is -2.05. The fraction of sp³-hybridized carbons (Fsp3) is 0.250. The first-order valence-electron chi connectivity index (χ1n) is 5.49. The van der Waals surface area contributed by atoms with Gasteiger partial charge in [0.05, 0.1) is 16.6 Å². The Morgan fingerprint density at radius 2 is 2.39 bits per heavy atom. The molecule has 2 rings (SSSR count). The number of H-pyrrole nitrogens is 1. The van der Waals surface area contributed by atoms with Crippen molar-refractivity contribution in [3.05, 3.63) is 28.5 Å². The number of aromatic amines is 1. The summed E-state index contributed by atoms with van der Waals surface area (Å²) in [5.41, 5.74) is 2.19. The van der Waals surface area contributed by atoms with Crippen molar-refractivity contribution < 1.29 is 4.79 Å². The van der Waals surface area contributed by atoms with Crippen LogP contribution in [0.2, 0.25) is 0 Å². The maximum Gasteiger partial charge on any atom is 0.216 e. The van der Waals surface area contributed by atoms with Gasteiger partial charge < -0.3 is 14.9 Å². The van der Waals surface area contributed by atoms with Crippen LogP contribution in [0.25, 0.3) is 11.0 Å². The lowest BCUT2D eigenvalue weighted by atomic mass is 10.2. The molecule has 0 fully saturated rings. The molecule has 1 aromatic carbocycles. The van der Waals surface area contributed by atoms with E-state index < -0.39 is 0 Å². The minimum Gasteiger partial charge on any atom is -0.355 e. The zero-order chi connectivity index (χ0) is 13.1. The summed E-state index contributed by atoms with van der Waals surface area (Å²) in [6, 6.07) is 7.58. The summed E-state index contributed by atoms with van der Waals surface area (Å²) in [5.74, 6) is -0.0703. The van der Waals surface area contributed by atoms with Crippen LogP contribution in [-0.2, 0) is 11.3 Å². The molecule has 2 N–H and O–H groups in total. The lowest BCUT2D eigenvalue weighted by molar-refractivity contribution is -0.118. The average molecular weight is 260 g/mol. The highest BCUT2D eigenvalue weighted by molar-refractivity contribution is 7.71. The molecule has 6 heteroatoms. The second-order valence-electron chi connectivity index (χ2n) is 3.88. The summed E-state index contributed by atoms with van der Waals surface area (Å²) in [5, 5.41) is 11.7. The number of carbonyl (C=O) groups excluding carboxylic acids is 1. The normalized spacial score (nSPS) is 10.2. The molecular formula is C12H12N4OS. The van der Waals surface area contributed by atoms with Crippen molar-refractivity contribution in [1.82, 2.24) is 14.9 Å². The van der Waals surface area contributed by atoms with Gasteiger partial charge in [0, 0.05) is 20.0 Å². The molecule has 1 amide bonds. The first-order valence-corrected chi connectivity index (χ1v) is 5.90. The van der Waals surface area contributed by atoms with Crippen molar-refractivity contribution in [3.63, 3.8) is 0 Å². The third kappa shape index (κ3) is 2.26. The zero-order valence-corrected chi connectivity index (χ0v) is 10.7. The number of hydrogen-bond donors (Lipinski definition) is 2. The van der Waals surface area contributed by atoms with Crippen molar-refractivity contribution >= 4 is 29.2 Å². The number of carbonyl (C=O) groups is 1. The third-order valence-corrected chi connectivity index (χ3v) is 2.96. The Balaban J connectivity index is 2.40. The van der Waals surface area contributed by atoms with E-state index in [2.05, 4.69) is 16.4 Å². The summed E-state index contributed by atoms with van der Waals surface area (Å²) >= 11 is 5.22. The van der Waals surface area contributed by atoms with E-state index in [-0.39, 0.29) is 5.91 Å². The summed E-state index contributed by atoms with van der Waals surface area (Å²) in [6.45, 7) is 2.56. The largest absolute Gasteiger partial charge is 0.355 e. The second-order valence-corrected chi connectivity index (χ2v) is 4.26. The van der Waals surface area contributed by atoms with Gasteiger partial charge in [-0.3, -0.25) is 4.79 Å².